The van der Waals surface area contributed by atoms with Gasteiger partial charge in [0.05, 0.1) is 11.4 Å². The first kappa shape index (κ1) is 13.6. The van der Waals surface area contributed by atoms with Crippen LogP contribution in [-0.2, 0) is 6.54 Å². The Labute approximate surface area is 115 Å². The van der Waals surface area contributed by atoms with Gasteiger partial charge in [0.25, 0.3) is 0 Å². The molecule has 0 radical (unpaired) electrons. The summed E-state index contributed by atoms with van der Waals surface area (Å²) in [6.07, 6.45) is 0. The first-order valence-electron chi connectivity index (χ1n) is 6.67. The minimum atomic E-state index is 0.850. The zero-order valence-corrected chi connectivity index (χ0v) is 12.1. The van der Waals surface area contributed by atoms with Crippen LogP contribution in [0.15, 0.2) is 30.3 Å². The van der Waals surface area contributed by atoms with E-state index in [0.29, 0.717) is 0 Å². The molecular weight excluding hydrogens is 236 g/mol. The van der Waals surface area contributed by atoms with Crippen molar-refractivity contribution in [2.24, 2.45) is 0 Å². The standard InChI is InChI=1S/C15H22N4/c1-5-16-11-14-12(2)17-19(15(14)18(3)4)13-9-7-6-8-10-13/h6-10,16H,5,11H2,1-4H3. The fraction of sp³-hybridized carbons (Fsp3) is 0.400. The Morgan fingerprint density at radius 1 is 1.21 bits per heavy atom. The van der Waals surface area contributed by atoms with E-state index in [1.54, 1.807) is 0 Å². The number of para-hydroxylation sites is 1. The monoisotopic (exact) mass is 258 g/mol. The van der Waals surface area contributed by atoms with E-state index in [1.807, 2.05) is 22.9 Å². The maximum atomic E-state index is 4.69. The second-order valence-electron chi connectivity index (χ2n) is 4.81. The summed E-state index contributed by atoms with van der Waals surface area (Å²) in [7, 11) is 4.12. The number of aromatic nitrogens is 2. The molecule has 0 fully saturated rings. The van der Waals surface area contributed by atoms with Gasteiger partial charge in [-0.1, -0.05) is 25.1 Å². The summed E-state index contributed by atoms with van der Waals surface area (Å²) in [6.45, 7) is 6.00. The second kappa shape index (κ2) is 5.89. The molecule has 4 nitrogen and oxygen atoms in total. The van der Waals surface area contributed by atoms with Crippen LogP contribution in [0.2, 0.25) is 0 Å². The lowest BCUT2D eigenvalue weighted by molar-refractivity contribution is 0.722. The fourth-order valence-electron chi connectivity index (χ4n) is 2.21. The second-order valence-corrected chi connectivity index (χ2v) is 4.81. The number of rotatable bonds is 5. The summed E-state index contributed by atoms with van der Waals surface area (Å²) in [5, 5.41) is 8.08. The molecule has 4 heteroatoms. The van der Waals surface area contributed by atoms with Crippen LogP contribution in [0, 0.1) is 6.92 Å². The predicted molar refractivity (Wildman–Crippen MR) is 80.0 cm³/mol. The van der Waals surface area contributed by atoms with Gasteiger partial charge in [0.2, 0.25) is 0 Å². The van der Waals surface area contributed by atoms with Gasteiger partial charge >= 0.3 is 0 Å². The van der Waals surface area contributed by atoms with Crippen molar-refractivity contribution in [2.75, 3.05) is 25.5 Å². The first-order chi connectivity index (χ1) is 9.15. The van der Waals surface area contributed by atoms with E-state index in [0.717, 1.165) is 30.3 Å². The summed E-state index contributed by atoms with van der Waals surface area (Å²) in [4.78, 5) is 2.12. The molecule has 2 aromatic rings. The molecule has 0 atom stereocenters. The highest BCUT2D eigenvalue weighted by atomic mass is 15.4. The number of anilines is 1. The summed E-state index contributed by atoms with van der Waals surface area (Å²) in [5.41, 5.74) is 3.43. The molecule has 102 valence electrons. The quantitative estimate of drug-likeness (QED) is 0.893. The Morgan fingerprint density at radius 2 is 1.89 bits per heavy atom. The third kappa shape index (κ3) is 2.79. The maximum Gasteiger partial charge on any atom is 0.136 e. The molecule has 1 aromatic carbocycles. The van der Waals surface area contributed by atoms with Gasteiger partial charge in [-0.3, -0.25) is 0 Å². The van der Waals surface area contributed by atoms with Gasteiger partial charge in [-0.15, -0.1) is 0 Å². The Morgan fingerprint density at radius 3 is 2.47 bits per heavy atom. The number of hydrogen-bond acceptors (Lipinski definition) is 3. The zero-order valence-electron chi connectivity index (χ0n) is 12.1. The molecule has 0 aliphatic heterocycles. The van der Waals surface area contributed by atoms with Gasteiger partial charge in [-0.2, -0.15) is 5.10 Å². The van der Waals surface area contributed by atoms with Crippen LogP contribution in [0.1, 0.15) is 18.2 Å². The lowest BCUT2D eigenvalue weighted by Crippen LogP contribution is -2.19. The molecule has 19 heavy (non-hydrogen) atoms. The van der Waals surface area contributed by atoms with Crippen LogP contribution in [0.3, 0.4) is 0 Å². The molecule has 0 amide bonds. The van der Waals surface area contributed by atoms with Crippen molar-refractivity contribution in [2.45, 2.75) is 20.4 Å². The number of hydrogen-bond donors (Lipinski definition) is 1. The zero-order chi connectivity index (χ0) is 13.8. The molecule has 2 rings (SSSR count). The average Bonchev–Trinajstić information content (AvgIpc) is 2.74. The molecule has 1 N–H and O–H groups in total. The molecule has 0 bridgehead atoms. The molecule has 0 spiro atoms. The molecule has 0 saturated heterocycles. The van der Waals surface area contributed by atoms with Gasteiger partial charge in [-0.25, -0.2) is 4.68 Å². The van der Waals surface area contributed by atoms with Gasteiger partial charge in [0, 0.05) is 26.2 Å². The fourth-order valence-corrected chi connectivity index (χ4v) is 2.21. The van der Waals surface area contributed by atoms with Crippen molar-refractivity contribution < 1.29 is 0 Å². The molecule has 0 saturated carbocycles. The molecule has 0 aliphatic carbocycles. The number of aryl methyl sites for hydroxylation is 1. The summed E-state index contributed by atoms with van der Waals surface area (Å²) in [5.74, 6) is 1.14. The summed E-state index contributed by atoms with van der Waals surface area (Å²) in [6, 6.07) is 10.3. The first-order valence-corrected chi connectivity index (χ1v) is 6.67. The van der Waals surface area contributed by atoms with Crippen molar-refractivity contribution >= 4 is 5.82 Å². The predicted octanol–water partition coefficient (Wildman–Crippen LogP) is 2.36. The molecule has 1 heterocycles. The van der Waals surface area contributed by atoms with Crippen molar-refractivity contribution in [1.82, 2.24) is 15.1 Å². The van der Waals surface area contributed by atoms with Crippen LogP contribution in [0.25, 0.3) is 5.69 Å². The molecular formula is C15H22N4. The van der Waals surface area contributed by atoms with Crippen LogP contribution in [0.4, 0.5) is 5.82 Å². The third-order valence-corrected chi connectivity index (χ3v) is 3.13. The summed E-state index contributed by atoms with van der Waals surface area (Å²) < 4.78 is 2.02. The van der Waals surface area contributed by atoms with Crippen LogP contribution < -0.4 is 10.2 Å². The average molecular weight is 258 g/mol. The van der Waals surface area contributed by atoms with Crippen molar-refractivity contribution in [3.8, 4) is 5.69 Å². The Hall–Kier alpha value is -1.81. The summed E-state index contributed by atoms with van der Waals surface area (Å²) >= 11 is 0. The minimum absolute atomic E-state index is 0.850. The third-order valence-electron chi connectivity index (χ3n) is 3.13. The van der Waals surface area contributed by atoms with E-state index >= 15 is 0 Å². The van der Waals surface area contributed by atoms with Crippen molar-refractivity contribution in [3.05, 3.63) is 41.6 Å². The van der Waals surface area contributed by atoms with Gasteiger partial charge in [0.15, 0.2) is 0 Å². The lowest BCUT2D eigenvalue weighted by atomic mass is 10.2. The van der Waals surface area contributed by atoms with Gasteiger partial charge in [0.1, 0.15) is 5.82 Å². The van der Waals surface area contributed by atoms with Gasteiger partial charge in [-0.05, 0) is 25.6 Å². The lowest BCUT2D eigenvalue weighted by Gasteiger charge is -2.17. The molecule has 0 aliphatic rings. The highest BCUT2D eigenvalue weighted by Gasteiger charge is 2.17. The van der Waals surface area contributed by atoms with Crippen LogP contribution in [0.5, 0.6) is 0 Å². The van der Waals surface area contributed by atoms with Crippen LogP contribution >= 0.6 is 0 Å². The molecule has 0 unspecified atom stereocenters. The SMILES string of the molecule is CCNCc1c(C)nn(-c2ccccc2)c1N(C)C. The normalized spacial score (nSPS) is 10.7. The smallest absolute Gasteiger partial charge is 0.136 e. The van der Waals surface area contributed by atoms with Crippen molar-refractivity contribution in [1.29, 1.82) is 0 Å². The van der Waals surface area contributed by atoms with E-state index in [1.165, 1.54) is 5.56 Å². The number of nitrogens with zero attached hydrogens (tertiary/aromatic N) is 3. The Kier molecular flexibility index (Phi) is 4.22. The van der Waals surface area contributed by atoms with E-state index in [9.17, 15) is 0 Å². The highest BCUT2D eigenvalue weighted by Crippen LogP contribution is 2.25. The highest BCUT2D eigenvalue weighted by molar-refractivity contribution is 5.54. The maximum absolute atomic E-state index is 4.69. The molecule has 1 aromatic heterocycles. The number of benzene rings is 1. The van der Waals surface area contributed by atoms with Crippen LogP contribution in [-0.4, -0.2) is 30.4 Å². The minimum Gasteiger partial charge on any atom is -0.362 e. The van der Waals surface area contributed by atoms with E-state index in [2.05, 4.69) is 55.4 Å². The van der Waals surface area contributed by atoms with E-state index in [4.69, 9.17) is 0 Å². The van der Waals surface area contributed by atoms with Crippen molar-refractivity contribution in [3.63, 3.8) is 0 Å². The topological polar surface area (TPSA) is 33.1 Å². The Balaban J connectivity index is 2.50. The number of nitrogens with one attached hydrogen (secondary N) is 1. The Bertz CT molecular complexity index is 529. The largest absolute Gasteiger partial charge is 0.362 e. The van der Waals surface area contributed by atoms with Gasteiger partial charge < -0.3 is 10.2 Å². The van der Waals surface area contributed by atoms with E-state index < -0.39 is 0 Å². The van der Waals surface area contributed by atoms with E-state index in [-0.39, 0.29) is 0 Å².